The van der Waals surface area contributed by atoms with Gasteiger partial charge in [-0.1, -0.05) is 11.6 Å². The molecule has 80 valence electrons. The highest BCUT2D eigenvalue weighted by Crippen LogP contribution is 2.05. The molecule has 0 unspecified atom stereocenters. The van der Waals surface area contributed by atoms with Gasteiger partial charge in [-0.2, -0.15) is 0 Å². The quantitative estimate of drug-likeness (QED) is 0.386. The SMILES string of the molecule is CC(=O)OC/C=C/SCCC=C(C)C. The van der Waals surface area contributed by atoms with Crippen molar-refractivity contribution in [2.24, 2.45) is 0 Å². The number of allylic oxidation sites excluding steroid dienone is 2. The first-order valence-electron chi connectivity index (χ1n) is 4.66. The molecule has 0 atom stereocenters. The maximum absolute atomic E-state index is 10.4. The smallest absolute Gasteiger partial charge is 0.302 e. The third kappa shape index (κ3) is 11.3. The van der Waals surface area contributed by atoms with Gasteiger partial charge in [0.05, 0.1) is 0 Å². The molecule has 0 amide bonds. The standard InChI is InChI=1S/C11H18O2S/c1-10(2)6-4-8-14-9-5-7-13-11(3)12/h5-6,9H,4,7-8H2,1-3H3/b9-5+. The molecule has 0 radical (unpaired) electrons. The highest BCUT2D eigenvalue weighted by atomic mass is 32.2. The van der Waals surface area contributed by atoms with Gasteiger partial charge in [-0.25, -0.2) is 0 Å². The van der Waals surface area contributed by atoms with Crippen molar-refractivity contribution < 1.29 is 9.53 Å². The molecule has 0 aliphatic heterocycles. The molecule has 0 aliphatic rings. The molecule has 0 aromatic heterocycles. The van der Waals surface area contributed by atoms with Crippen LogP contribution in [0.2, 0.25) is 0 Å². The molecular formula is C11H18O2S. The zero-order valence-corrected chi connectivity index (χ0v) is 9.89. The van der Waals surface area contributed by atoms with E-state index in [1.54, 1.807) is 11.8 Å². The van der Waals surface area contributed by atoms with E-state index in [2.05, 4.69) is 19.9 Å². The fourth-order valence-corrected chi connectivity index (χ4v) is 1.36. The number of hydrogen-bond acceptors (Lipinski definition) is 3. The number of rotatable bonds is 6. The Morgan fingerprint density at radius 1 is 1.36 bits per heavy atom. The summed E-state index contributed by atoms with van der Waals surface area (Å²) in [6, 6.07) is 0. The van der Waals surface area contributed by atoms with Gasteiger partial charge in [-0.3, -0.25) is 4.79 Å². The Kier molecular flexibility index (Phi) is 8.43. The van der Waals surface area contributed by atoms with Crippen molar-refractivity contribution in [1.82, 2.24) is 0 Å². The molecule has 0 rings (SSSR count). The van der Waals surface area contributed by atoms with Gasteiger partial charge >= 0.3 is 5.97 Å². The van der Waals surface area contributed by atoms with Crippen LogP contribution in [0.3, 0.4) is 0 Å². The average molecular weight is 214 g/mol. The van der Waals surface area contributed by atoms with Gasteiger partial charge in [-0.15, -0.1) is 11.8 Å². The lowest BCUT2D eigenvalue weighted by Crippen LogP contribution is -1.96. The zero-order chi connectivity index (χ0) is 10.8. The predicted octanol–water partition coefficient (Wildman–Crippen LogP) is 3.15. The van der Waals surface area contributed by atoms with Crippen molar-refractivity contribution in [3.63, 3.8) is 0 Å². The van der Waals surface area contributed by atoms with Gasteiger partial charge in [0.25, 0.3) is 0 Å². The summed E-state index contributed by atoms with van der Waals surface area (Å²) in [5.41, 5.74) is 1.36. The lowest BCUT2D eigenvalue weighted by atomic mass is 10.3. The highest BCUT2D eigenvalue weighted by molar-refractivity contribution is 8.02. The van der Waals surface area contributed by atoms with E-state index in [0.717, 1.165) is 12.2 Å². The van der Waals surface area contributed by atoms with Crippen LogP contribution in [-0.2, 0) is 9.53 Å². The monoisotopic (exact) mass is 214 g/mol. The zero-order valence-electron chi connectivity index (χ0n) is 9.08. The lowest BCUT2D eigenvalue weighted by molar-refractivity contribution is -0.139. The van der Waals surface area contributed by atoms with Gasteiger partial charge in [0, 0.05) is 12.7 Å². The highest BCUT2D eigenvalue weighted by Gasteiger charge is 1.86. The van der Waals surface area contributed by atoms with Crippen molar-refractivity contribution in [3.05, 3.63) is 23.1 Å². The van der Waals surface area contributed by atoms with Crippen molar-refractivity contribution in [1.29, 1.82) is 0 Å². The summed E-state index contributed by atoms with van der Waals surface area (Å²) >= 11 is 1.73. The molecule has 0 spiro atoms. The third-order valence-electron chi connectivity index (χ3n) is 1.36. The molecule has 0 N–H and O–H groups in total. The number of hydrogen-bond donors (Lipinski definition) is 0. The second-order valence-electron chi connectivity index (χ2n) is 3.12. The molecule has 0 heterocycles. The van der Waals surface area contributed by atoms with Crippen LogP contribution >= 0.6 is 11.8 Å². The topological polar surface area (TPSA) is 26.3 Å². The Hall–Kier alpha value is -0.700. The normalized spacial score (nSPS) is 10.2. The van der Waals surface area contributed by atoms with Crippen molar-refractivity contribution in [2.45, 2.75) is 27.2 Å². The van der Waals surface area contributed by atoms with E-state index < -0.39 is 0 Å². The fourth-order valence-electron chi connectivity index (χ4n) is 0.756. The van der Waals surface area contributed by atoms with Gasteiger partial charge in [0.15, 0.2) is 0 Å². The number of thioether (sulfide) groups is 1. The molecular weight excluding hydrogens is 196 g/mol. The maximum atomic E-state index is 10.4. The van der Waals surface area contributed by atoms with E-state index in [1.807, 2.05) is 11.5 Å². The minimum atomic E-state index is -0.232. The molecule has 14 heavy (non-hydrogen) atoms. The number of ether oxygens (including phenoxy) is 1. The average Bonchev–Trinajstić information content (AvgIpc) is 2.08. The summed E-state index contributed by atoms with van der Waals surface area (Å²) in [6.07, 6.45) is 5.16. The summed E-state index contributed by atoms with van der Waals surface area (Å²) in [7, 11) is 0. The van der Waals surface area contributed by atoms with Gasteiger partial charge < -0.3 is 4.74 Å². The van der Waals surface area contributed by atoms with Crippen LogP contribution in [0.25, 0.3) is 0 Å². The van der Waals surface area contributed by atoms with Crippen LogP contribution in [0.5, 0.6) is 0 Å². The van der Waals surface area contributed by atoms with Crippen LogP contribution in [0.1, 0.15) is 27.2 Å². The Morgan fingerprint density at radius 3 is 2.64 bits per heavy atom. The molecule has 0 saturated carbocycles. The first-order valence-corrected chi connectivity index (χ1v) is 5.71. The Labute approximate surface area is 90.4 Å². The minimum Gasteiger partial charge on any atom is -0.462 e. The maximum Gasteiger partial charge on any atom is 0.302 e. The molecule has 0 saturated heterocycles. The van der Waals surface area contributed by atoms with Crippen LogP contribution in [0.15, 0.2) is 23.1 Å². The van der Waals surface area contributed by atoms with E-state index in [-0.39, 0.29) is 5.97 Å². The summed E-state index contributed by atoms with van der Waals surface area (Å²) in [4.78, 5) is 10.4. The van der Waals surface area contributed by atoms with E-state index in [1.165, 1.54) is 12.5 Å². The van der Waals surface area contributed by atoms with E-state index in [9.17, 15) is 4.79 Å². The second kappa shape index (κ2) is 8.88. The van der Waals surface area contributed by atoms with Crippen LogP contribution in [-0.4, -0.2) is 18.3 Å². The Morgan fingerprint density at radius 2 is 2.07 bits per heavy atom. The van der Waals surface area contributed by atoms with Gasteiger partial charge in [-0.05, 0) is 31.8 Å². The molecule has 0 aromatic carbocycles. The van der Waals surface area contributed by atoms with Crippen molar-refractivity contribution in [2.75, 3.05) is 12.4 Å². The summed E-state index contributed by atoms with van der Waals surface area (Å²) < 4.78 is 4.74. The lowest BCUT2D eigenvalue weighted by Gasteiger charge is -1.95. The van der Waals surface area contributed by atoms with Gasteiger partial charge in [0.2, 0.25) is 0 Å². The first-order chi connectivity index (χ1) is 6.63. The fraction of sp³-hybridized carbons (Fsp3) is 0.545. The van der Waals surface area contributed by atoms with Crippen LogP contribution in [0, 0.1) is 0 Å². The Balaban J connectivity index is 3.27. The van der Waals surface area contributed by atoms with Crippen molar-refractivity contribution >= 4 is 17.7 Å². The van der Waals surface area contributed by atoms with Crippen LogP contribution in [0.4, 0.5) is 0 Å². The summed E-state index contributed by atoms with van der Waals surface area (Å²) in [5, 5.41) is 1.97. The molecule has 0 fully saturated rings. The number of carbonyl (C=O) groups is 1. The largest absolute Gasteiger partial charge is 0.462 e. The Bertz CT molecular complexity index is 215. The summed E-state index contributed by atoms with van der Waals surface area (Å²) in [6.45, 7) is 5.99. The van der Waals surface area contributed by atoms with Gasteiger partial charge in [0.1, 0.15) is 6.61 Å². The number of carbonyl (C=O) groups excluding carboxylic acids is 1. The minimum absolute atomic E-state index is 0.232. The molecule has 0 aromatic rings. The van der Waals surface area contributed by atoms with Crippen molar-refractivity contribution in [3.8, 4) is 0 Å². The molecule has 3 heteroatoms. The first kappa shape index (κ1) is 13.3. The summed E-state index contributed by atoms with van der Waals surface area (Å²) in [5.74, 6) is 0.839. The molecule has 2 nitrogen and oxygen atoms in total. The third-order valence-corrected chi connectivity index (χ3v) is 2.22. The molecule has 0 aliphatic carbocycles. The van der Waals surface area contributed by atoms with Crippen LogP contribution < -0.4 is 0 Å². The van der Waals surface area contributed by atoms with E-state index in [4.69, 9.17) is 4.74 Å². The molecule has 0 bridgehead atoms. The predicted molar refractivity (Wildman–Crippen MR) is 62.3 cm³/mol. The van der Waals surface area contributed by atoms with E-state index in [0.29, 0.717) is 6.61 Å². The van der Waals surface area contributed by atoms with E-state index >= 15 is 0 Å². The second-order valence-corrected chi connectivity index (χ2v) is 4.13. The number of esters is 1.